The maximum atomic E-state index is 13.2. The monoisotopic (exact) mass is 310 g/mol. The van der Waals surface area contributed by atoms with Crippen LogP contribution >= 0.6 is 0 Å². The molecule has 0 saturated carbocycles. The number of aryl methyl sites for hydroxylation is 4. The molecule has 0 aromatic heterocycles. The van der Waals surface area contributed by atoms with Gasteiger partial charge in [-0.25, -0.2) is 0 Å². The zero-order valence-electron chi connectivity index (χ0n) is 14.1. The Morgan fingerprint density at radius 1 is 1.09 bits per heavy atom. The van der Waals surface area contributed by atoms with E-state index >= 15 is 0 Å². The molecule has 3 rings (SSSR count). The van der Waals surface area contributed by atoms with Crippen molar-refractivity contribution >= 4 is 5.78 Å². The summed E-state index contributed by atoms with van der Waals surface area (Å²) < 4.78 is 11.1. The minimum absolute atomic E-state index is 0.0322. The molecule has 1 fully saturated rings. The molecule has 1 aliphatic rings. The predicted octanol–water partition coefficient (Wildman–Crippen LogP) is 3.93. The first-order valence-corrected chi connectivity index (χ1v) is 7.94. The van der Waals surface area contributed by atoms with E-state index in [-0.39, 0.29) is 11.9 Å². The van der Waals surface area contributed by atoms with Crippen LogP contribution in [0.25, 0.3) is 0 Å². The molecule has 1 aliphatic heterocycles. The molecule has 0 aliphatic carbocycles. The Kier molecular flexibility index (Phi) is 4.22. The van der Waals surface area contributed by atoms with Crippen molar-refractivity contribution in [1.82, 2.24) is 0 Å². The molecule has 0 radical (unpaired) electrons. The Hall–Kier alpha value is -2.13. The maximum Gasteiger partial charge on any atom is 0.197 e. The van der Waals surface area contributed by atoms with E-state index in [1.54, 1.807) is 0 Å². The van der Waals surface area contributed by atoms with Crippen molar-refractivity contribution in [1.29, 1.82) is 0 Å². The first kappa shape index (κ1) is 15.8. The quantitative estimate of drug-likeness (QED) is 0.620. The topological polar surface area (TPSA) is 38.8 Å². The van der Waals surface area contributed by atoms with Gasteiger partial charge in [-0.05, 0) is 56.0 Å². The van der Waals surface area contributed by atoms with Crippen LogP contribution in [0.1, 0.15) is 38.2 Å². The molecule has 1 saturated heterocycles. The summed E-state index contributed by atoms with van der Waals surface area (Å²) in [6.07, 6.45) is 0.166. The lowest BCUT2D eigenvalue weighted by atomic mass is 9.91. The number of ketones is 1. The van der Waals surface area contributed by atoms with E-state index in [1.807, 2.05) is 58.0 Å². The van der Waals surface area contributed by atoms with Crippen molar-refractivity contribution in [3.05, 3.63) is 63.7 Å². The second kappa shape index (κ2) is 6.17. The summed E-state index contributed by atoms with van der Waals surface area (Å²) >= 11 is 0. The highest BCUT2D eigenvalue weighted by Crippen LogP contribution is 2.30. The Balaban J connectivity index is 2.04. The third kappa shape index (κ3) is 3.30. The molecule has 120 valence electrons. The standard InChI is InChI=1S/C20H22O3/c1-12-8-15(4)19(17(9-12)23-11-16-10-22-16)20(21)18-13(2)6-5-7-14(18)3/h5-9,16H,10-11H2,1-4H3. The van der Waals surface area contributed by atoms with Crippen molar-refractivity contribution in [3.63, 3.8) is 0 Å². The molecule has 1 heterocycles. The lowest BCUT2D eigenvalue weighted by Gasteiger charge is -2.16. The number of epoxide rings is 1. The summed E-state index contributed by atoms with van der Waals surface area (Å²) in [4.78, 5) is 13.2. The van der Waals surface area contributed by atoms with Crippen LogP contribution in [-0.2, 0) is 4.74 Å². The molecular formula is C20H22O3. The van der Waals surface area contributed by atoms with Gasteiger partial charge in [0.1, 0.15) is 18.5 Å². The Morgan fingerprint density at radius 3 is 2.35 bits per heavy atom. The second-order valence-electron chi connectivity index (χ2n) is 6.32. The van der Waals surface area contributed by atoms with E-state index in [0.29, 0.717) is 17.9 Å². The summed E-state index contributed by atoms with van der Waals surface area (Å²) in [6, 6.07) is 9.90. The van der Waals surface area contributed by atoms with Crippen LogP contribution < -0.4 is 4.74 Å². The average molecular weight is 310 g/mol. The Bertz CT molecular complexity index is 737. The van der Waals surface area contributed by atoms with E-state index in [2.05, 4.69) is 0 Å². The van der Waals surface area contributed by atoms with Gasteiger partial charge in [-0.1, -0.05) is 24.3 Å². The molecule has 0 amide bonds. The van der Waals surface area contributed by atoms with Gasteiger partial charge >= 0.3 is 0 Å². The molecule has 23 heavy (non-hydrogen) atoms. The lowest BCUT2D eigenvalue weighted by Crippen LogP contribution is -2.13. The van der Waals surface area contributed by atoms with E-state index in [0.717, 1.165) is 34.4 Å². The van der Waals surface area contributed by atoms with Crippen molar-refractivity contribution in [2.24, 2.45) is 0 Å². The largest absolute Gasteiger partial charge is 0.490 e. The number of benzene rings is 2. The van der Waals surface area contributed by atoms with Crippen LogP contribution in [0.4, 0.5) is 0 Å². The Labute approximate surface area is 137 Å². The minimum Gasteiger partial charge on any atom is -0.490 e. The summed E-state index contributed by atoms with van der Waals surface area (Å²) in [5, 5.41) is 0. The van der Waals surface area contributed by atoms with Gasteiger partial charge in [-0.15, -0.1) is 0 Å². The highest BCUT2D eigenvalue weighted by molar-refractivity contribution is 6.13. The van der Waals surface area contributed by atoms with Gasteiger partial charge in [0.25, 0.3) is 0 Å². The fraction of sp³-hybridized carbons (Fsp3) is 0.350. The van der Waals surface area contributed by atoms with Gasteiger partial charge in [-0.3, -0.25) is 4.79 Å². The lowest BCUT2D eigenvalue weighted by molar-refractivity contribution is 0.103. The molecule has 2 aromatic carbocycles. The normalized spacial score (nSPS) is 16.3. The summed E-state index contributed by atoms with van der Waals surface area (Å²) in [5.74, 6) is 0.690. The zero-order valence-corrected chi connectivity index (χ0v) is 14.1. The molecule has 0 spiro atoms. The molecule has 2 aromatic rings. The summed E-state index contributed by atoms with van der Waals surface area (Å²) in [7, 11) is 0. The fourth-order valence-corrected chi connectivity index (χ4v) is 2.98. The Morgan fingerprint density at radius 2 is 1.74 bits per heavy atom. The number of carbonyl (C=O) groups is 1. The number of hydrogen-bond acceptors (Lipinski definition) is 3. The van der Waals surface area contributed by atoms with Crippen LogP contribution in [0.15, 0.2) is 30.3 Å². The van der Waals surface area contributed by atoms with Crippen molar-refractivity contribution < 1.29 is 14.3 Å². The van der Waals surface area contributed by atoms with Crippen molar-refractivity contribution in [2.75, 3.05) is 13.2 Å². The summed E-state index contributed by atoms with van der Waals surface area (Å²) in [6.45, 7) is 9.17. The van der Waals surface area contributed by atoms with Gasteiger partial charge in [0.2, 0.25) is 0 Å². The number of hydrogen-bond donors (Lipinski definition) is 0. The predicted molar refractivity (Wildman–Crippen MR) is 90.5 cm³/mol. The number of ether oxygens (including phenoxy) is 2. The molecule has 3 heteroatoms. The first-order valence-electron chi connectivity index (χ1n) is 7.94. The molecular weight excluding hydrogens is 288 g/mol. The average Bonchev–Trinajstić information content (AvgIpc) is 3.28. The van der Waals surface area contributed by atoms with Crippen molar-refractivity contribution in [3.8, 4) is 5.75 Å². The highest BCUT2D eigenvalue weighted by atomic mass is 16.6. The van der Waals surface area contributed by atoms with E-state index in [4.69, 9.17) is 9.47 Å². The fourth-order valence-electron chi connectivity index (χ4n) is 2.98. The van der Waals surface area contributed by atoms with Gasteiger partial charge < -0.3 is 9.47 Å². The van der Waals surface area contributed by atoms with Gasteiger partial charge in [-0.2, -0.15) is 0 Å². The smallest absolute Gasteiger partial charge is 0.197 e. The number of rotatable bonds is 5. The van der Waals surface area contributed by atoms with Crippen LogP contribution in [0.3, 0.4) is 0 Å². The minimum atomic E-state index is 0.0322. The van der Waals surface area contributed by atoms with E-state index in [1.165, 1.54) is 0 Å². The second-order valence-corrected chi connectivity index (χ2v) is 6.32. The van der Waals surface area contributed by atoms with E-state index in [9.17, 15) is 4.79 Å². The van der Waals surface area contributed by atoms with Crippen LogP contribution in [0.5, 0.6) is 5.75 Å². The molecule has 1 unspecified atom stereocenters. The molecule has 3 nitrogen and oxygen atoms in total. The van der Waals surface area contributed by atoms with Crippen LogP contribution in [0, 0.1) is 27.7 Å². The third-order valence-electron chi connectivity index (χ3n) is 4.21. The van der Waals surface area contributed by atoms with Crippen LogP contribution in [0.2, 0.25) is 0 Å². The first-order chi connectivity index (χ1) is 11.0. The number of carbonyl (C=O) groups excluding carboxylic acids is 1. The van der Waals surface area contributed by atoms with Gasteiger partial charge in [0.05, 0.1) is 12.2 Å². The maximum absolute atomic E-state index is 13.2. The molecule has 1 atom stereocenters. The SMILES string of the molecule is Cc1cc(C)c(C(=O)c2c(C)cccc2C)c(OCC2CO2)c1. The zero-order chi connectivity index (χ0) is 16.6. The van der Waals surface area contributed by atoms with Crippen molar-refractivity contribution in [2.45, 2.75) is 33.8 Å². The van der Waals surface area contributed by atoms with Gasteiger partial charge in [0.15, 0.2) is 5.78 Å². The third-order valence-corrected chi connectivity index (χ3v) is 4.21. The van der Waals surface area contributed by atoms with Crippen LogP contribution in [-0.4, -0.2) is 25.1 Å². The van der Waals surface area contributed by atoms with Gasteiger partial charge in [0, 0.05) is 5.56 Å². The highest BCUT2D eigenvalue weighted by Gasteiger charge is 2.26. The molecule has 0 N–H and O–H groups in total. The molecule has 0 bridgehead atoms. The van der Waals surface area contributed by atoms with E-state index < -0.39 is 0 Å². The summed E-state index contributed by atoms with van der Waals surface area (Å²) in [5.41, 5.74) is 5.45.